The summed E-state index contributed by atoms with van der Waals surface area (Å²) in [6.07, 6.45) is 2.78. The zero-order valence-corrected chi connectivity index (χ0v) is 16.6. The third-order valence-corrected chi connectivity index (χ3v) is 6.16. The van der Waals surface area contributed by atoms with Crippen molar-refractivity contribution in [1.82, 2.24) is 9.29 Å². The minimum Gasteiger partial charge on any atom is -0.487 e. The van der Waals surface area contributed by atoms with Crippen molar-refractivity contribution in [2.45, 2.75) is 24.3 Å². The van der Waals surface area contributed by atoms with Crippen LogP contribution in [0.3, 0.4) is 0 Å². The summed E-state index contributed by atoms with van der Waals surface area (Å²) in [6, 6.07) is 7.01. The summed E-state index contributed by atoms with van der Waals surface area (Å²) < 4.78 is 35.1. The molecule has 0 spiro atoms. The first-order valence-electron chi connectivity index (χ1n) is 8.42. The maximum absolute atomic E-state index is 12.9. The molecule has 1 amide bonds. The Morgan fingerprint density at radius 2 is 2.21 bits per heavy atom. The van der Waals surface area contributed by atoms with Gasteiger partial charge in [0.15, 0.2) is 11.4 Å². The van der Waals surface area contributed by atoms with Crippen molar-refractivity contribution in [3.05, 3.63) is 53.9 Å². The van der Waals surface area contributed by atoms with E-state index in [1.807, 2.05) is 0 Å². The molecule has 2 aromatic rings. The second-order valence-corrected chi connectivity index (χ2v) is 8.54. The number of rotatable bonds is 3. The van der Waals surface area contributed by atoms with Crippen molar-refractivity contribution in [2.75, 3.05) is 11.9 Å². The summed E-state index contributed by atoms with van der Waals surface area (Å²) >= 11 is 0. The number of sulfonamides is 1. The molecule has 0 fully saturated rings. The average Bonchev–Trinajstić information content (AvgIpc) is 2.94. The van der Waals surface area contributed by atoms with Crippen LogP contribution in [-0.2, 0) is 17.1 Å². The van der Waals surface area contributed by atoms with Gasteiger partial charge in [-0.05, 0) is 31.5 Å². The number of nitrogens with one attached hydrogen (secondary N) is 2. The number of carbonyl (C=O) groups is 1. The molecule has 28 heavy (non-hydrogen) atoms. The van der Waals surface area contributed by atoms with Gasteiger partial charge in [0, 0.05) is 18.9 Å². The Bertz CT molecular complexity index is 1130. The first-order chi connectivity index (χ1) is 13.1. The first kappa shape index (κ1) is 19.7. The summed E-state index contributed by atoms with van der Waals surface area (Å²) in [5.41, 5.74) is 0.710. The van der Waals surface area contributed by atoms with E-state index in [0.29, 0.717) is 11.3 Å². The van der Waals surface area contributed by atoms with Gasteiger partial charge in [-0.1, -0.05) is 12.1 Å². The average molecular weight is 400 g/mol. The Hall–Kier alpha value is -3.09. The van der Waals surface area contributed by atoms with E-state index in [1.165, 1.54) is 16.8 Å². The zero-order chi connectivity index (χ0) is 20.7. The van der Waals surface area contributed by atoms with Gasteiger partial charge in [-0.25, -0.2) is 8.42 Å². The molecule has 0 saturated heterocycles. The van der Waals surface area contributed by atoms with Crippen molar-refractivity contribution < 1.29 is 17.9 Å². The number of nitrogens with zero attached hydrogens (tertiary/aromatic N) is 2. The predicted molar refractivity (Wildman–Crippen MR) is 104 cm³/mol. The molecule has 3 rings (SSSR count). The Morgan fingerprint density at radius 3 is 2.86 bits per heavy atom. The Labute approximate surface area is 163 Å². The zero-order valence-electron chi connectivity index (χ0n) is 15.7. The van der Waals surface area contributed by atoms with Crippen molar-refractivity contribution in [3.63, 3.8) is 0 Å². The summed E-state index contributed by atoms with van der Waals surface area (Å²) in [5, 5.41) is 11.8. The number of hydrogen-bond acceptors (Lipinski definition) is 5. The highest BCUT2D eigenvalue weighted by Crippen LogP contribution is 2.34. The summed E-state index contributed by atoms with van der Waals surface area (Å²) in [4.78, 5) is 12.8. The SMILES string of the molecule is C=C[C@]1(C)COc2c(cn(C)c2C(=O)Nc2ccc(C)c(C#N)c2)S(=O)(=O)N1. The number of anilines is 1. The van der Waals surface area contributed by atoms with Crippen LogP contribution in [0.25, 0.3) is 0 Å². The summed E-state index contributed by atoms with van der Waals surface area (Å²) in [5.74, 6) is -0.570. The second kappa shape index (κ2) is 6.82. The van der Waals surface area contributed by atoms with Crippen LogP contribution in [0.5, 0.6) is 5.75 Å². The number of ether oxygens (including phenoxy) is 1. The van der Waals surface area contributed by atoms with E-state index in [4.69, 9.17) is 10.00 Å². The largest absolute Gasteiger partial charge is 0.487 e. The van der Waals surface area contributed by atoms with Gasteiger partial charge in [0.05, 0.1) is 17.2 Å². The Morgan fingerprint density at radius 1 is 1.50 bits per heavy atom. The number of aromatic nitrogens is 1. The van der Waals surface area contributed by atoms with E-state index in [0.717, 1.165) is 5.56 Å². The number of carbonyl (C=O) groups excluding carboxylic acids is 1. The lowest BCUT2D eigenvalue weighted by Crippen LogP contribution is -2.46. The molecule has 0 unspecified atom stereocenters. The van der Waals surface area contributed by atoms with Crippen LogP contribution in [0, 0.1) is 18.3 Å². The molecule has 0 saturated carbocycles. The maximum atomic E-state index is 12.9. The third-order valence-electron chi connectivity index (χ3n) is 4.56. The van der Waals surface area contributed by atoms with Gasteiger partial charge in [-0.15, -0.1) is 6.58 Å². The summed E-state index contributed by atoms with van der Waals surface area (Å²) in [7, 11) is -2.35. The molecule has 1 atom stereocenters. The van der Waals surface area contributed by atoms with Crippen LogP contribution in [0.2, 0.25) is 0 Å². The molecule has 0 aliphatic carbocycles. The third kappa shape index (κ3) is 3.40. The van der Waals surface area contributed by atoms with Crippen molar-refractivity contribution in [1.29, 1.82) is 5.26 Å². The molecular formula is C19H20N4O4S. The number of benzene rings is 1. The van der Waals surface area contributed by atoms with Crippen molar-refractivity contribution in [3.8, 4) is 11.8 Å². The molecule has 1 aliphatic rings. The topological polar surface area (TPSA) is 113 Å². The molecule has 9 heteroatoms. The number of amides is 1. The fraction of sp³-hybridized carbons (Fsp3) is 0.263. The van der Waals surface area contributed by atoms with Gasteiger partial charge in [0.25, 0.3) is 5.91 Å². The smallest absolute Gasteiger partial charge is 0.276 e. The highest BCUT2D eigenvalue weighted by atomic mass is 32.2. The van der Waals surface area contributed by atoms with Crippen LogP contribution in [0.4, 0.5) is 5.69 Å². The molecule has 1 aromatic carbocycles. The lowest BCUT2D eigenvalue weighted by Gasteiger charge is -2.23. The van der Waals surface area contributed by atoms with E-state index >= 15 is 0 Å². The lowest BCUT2D eigenvalue weighted by atomic mass is 10.1. The van der Waals surface area contributed by atoms with Gasteiger partial charge in [0.2, 0.25) is 10.0 Å². The van der Waals surface area contributed by atoms with E-state index in [1.54, 1.807) is 39.1 Å². The molecule has 2 N–H and O–H groups in total. The fourth-order valence-electron chi connectivity index (χ4n) is 2.89. The van der Waals surface area contributed by atoms with E-state index in [9.17, 15) is 13.2 Å². The molecule has 146 valence electrons. The molecule has 1 aliphatic heterocycles. The number of fused-ring (bicyclic) bond motifs is 1. The molecule has 8 nitrogen and oxygen atoms in total. The molecule has 0 bridgehead atoms. The quantitative estimate of drug-likeness (QED) is 0.766. The Balaban J connectivity index is 2.01. The number of hydrogen-bond donors (Lipinski definition) is 2. The second-order valence-electron chi connectivity index (χ2n) is 6.89. The molecule has 0 radical (unpaired) electrons. The molecule has 1 aromatic heterocycles. The van der Waals surface area contributed by atoms with E-state index in [2.05, 4.69) is 22.7 Å². The van der Waals surface area contributed by atoms with E-state index < -0.39 is 21.5 Å². The fourth-order valence-corrected chi connectivity index (χ4v) is 4.46. The van der Waals surface area contributed by atoms with Crippen LogP contribution >= 0.6 is 0 Å². The van der Waals surface area contributed by atoms with Crippen LogP contribution in [-0.4, -0.2) is 31.0 Å². The minimum absolute atomic E-state index is 0.0177. The normalized spacial score (nSPS) is 20.2. The van der Waals surface area contributed by atoms with Gasteiger partial charge in [-0.3, -0.25) is 4.79 Å². The van der Waals surface area contributed by atoms with Gasteiger partial charge < -0.3 is 14.6 Å². The van der Waals surface area contributed by atoms with Gasteiger partial charge in [0.1, 0.15) is 11.5 Å². The van der Waals surface area contributed by atoms with Gasteiger partial charge >= 0.3 is 0 Å². The first-order valence-corrected chi connectivity index (χ1v) is 9.90. The van der Waals surface area contributed by atoms with Gasteiger partial charge in [-0.2, -0.15) is 9.98 Å². The maximum Gasteiger partial charge on any atom is 0.276 e. The number of nitriles is 1. The monoisotopic (exact) mass is 400 g/mol. The highest BCUT2D eigenvalue weighted by Gasteiger charge is 2.38. The van der Waals surface area contributed by atoms with Crippen LogP contribution in [0.15, 0.2) is 41.9 Å². The summed E-state index contributed by atoms with van der Waals surface area (Å²) in [6.45, 7) is 7.06. The van der Waals surface area contributed by atoms with E-state index in [-0.39, 0.29) is 22.9 Å². The standard InChI is InChI=1S/C19H20N4O4S/c1-5-19(3)11-27-17-15(28(25,26)22-19)10-23(4)16(17)18(24)21-14-7-6-12(2)13(8-14)9-20/h5-8,10,22H,1,11H2,2-4H3,(H,21,24)/t19-/m1/s1. The van der Waals surface area contributed by atoms with Crippen molar-refractivity contribution >= 4 is 21.6 Å². The van der Waals surface area contributed by atoms with Crippen molar-refractivity contribution in [2.24, 2.45) is 7.05 Å². The predicted octanol–water partition coefficient (Wildman–Crippen LogP) is 2.07. The molecular weight excluding hydrogens is 380 g/mol. The Kier molecular flexibility index (Phi) is 4.79. The minimum atomic E-state index is -3.91. The molecule has 2 heterocycles. The van der Waals surface area contributed by atoms with Crippen LogP contribution < -0.4 is 14.8 Å². The van der Waals surface area contributed by atoms with Crippen LogP contribution in [0.1, 0.15) is 28.5 Å². The lowest BCUT2D eigenvalue weighted by molar-refractivity contribution is 0.101. The number of aryl methyl sites for hydroxylation is 2. The highest BCUT2D eigenvalue weighted by molar-refractivity contribution is 7.89.